The summed E-state index contributed by atoms with van der Waals surface area (Å²) in [4.78, 5) is 36.9. The van der Waals surface area contributed by atoms with Gasteiger partial charge in [-0.05, 0) is 41.5 Å². The smallest absolute Gasteiger partial charge is 0.408 e. The molecule has 0 fully saturated rings. The fourth-order valence-electron chi connectivity index (χ4n) is 1.79. The molecule has 1 atom stereocenters. The van der Waals surface area contributed by atoms with Crippen LogP contribution in [-0.2, 0) is 14.3 Å². The second kappa shape index (κ2) is 7.47. The number of ether oxygens (including phenoxy) is 2. The van der Waals surface area contributed by atoms with E-state index in [1.807, 2.05) is 0 Å². The van der Waals surface area contributed by atoms with E-state index >= 15 is 0 Å². The van der Waals surface area contributed by atoms with Gasteiger partial charge in [0.1, 0.15) is 11.2 Å². The molecule has 0 bridgehead atoms. The summed E-state index contributed by atoms with van der Waals surface area (Å²) in [6, 6.07) is 6.76. The number of amides is 1. The van der Waals surface area contributed by atoms with E-state index in [0.717, 1.165) is 0 Å². The average Bonchev–Trinajstić information content (AvgIpc) is 2.41. The number of carbonyl (C=O) groups is 3. The molecule has 24 heavy (non-hydrogen) atoms. The first-order valence-electron chi connectivity index (χ1n) is 7.71. The fraction of sp³-hybridized carbons (Fsp3) is 0.500. The van der Waals surface area contributed by atoms with Crippen molar-refractivity contribution in [2.45, 2.75) is 58.8 Å². The highest BCUT2D eigenvalue weighted by Crippen LogP contribution is 2.13. The van der Waals surface area contributed by atoms with Crippen LogP contribution in [0.3, 0.4) is 0 Å². The molecule has 6 nitrogen and oxygen atoms in total. The summed E-state index contributed by atoms with van der Waals surface area (Å²) < 4.78 is 10.4. The average molecular weight is 335 g/mol. The Hall–Kier alpha value is -2.37. The number of hydrogen-bond acceptors (Lipinski definition) is 5. The van der Waals surface area contributed by atoms with Crippen LogP contribution >= 0.6 is 0 Å². The largest absolute Gasteiger partial charge is 0.458 e. The van der Waals surface area contributed by atoms with Crippen molar-refractivity contribution in [1.82, 2.24) is 5.32 Å². The van der Waals surface area contributed by atoms with Crippen LogP contribution in [0, 0.1) is 0 Å². The Kier molecular flexibility index (Phi) is 6.12. The van der Waals surface area contributed by atoms with E-state index in [1.54, 1.807) is 71.9 Å². The summed E-state index contributed by atoms with van der Waals surface area (Å²) in [5.41, 5.74) is -1.25. The lowest BCUT2D eigenvalue weighted by Gasteiger charge is -2.25. The maximum absolute atomic E-state index is 12.6. The first kappa shape index (κ1) is 19.7. The zero-order valence-electron chi connectivity index (χ0n) is 15.0. The Bertz CT molecular complexity index is 596. The Morgan fingerprint density at radius 1 is 0.875 bits per heavy atom. The van der Waals surface area contributed by atoms with Crippen molar-refractivity contribution < 1.29 is 23.9 Å². The monoisotopic (exact) mass is 335 g/mol. The van der Waals surface area contributed by atoms with Crippen molar-refractivity contribution in [3.05, 3.63) is 35.9 Å². The third-order valence-electron chi connectivity index (χ3n) is 2.62. The molecular weight excluding hydrogens is 310 g/mol. The molecule has 6 heteroatoms. The number of Topliss-reactive ketones (excluding diaryl/α,β-unsaturated/α-hetero) is 1. The molecule has 0 spiro atoms. The number of carbonyl (C=O) groups excluding carboxylic acids is 3. The molecule has 0 aliphatic heterocycles. The molecule has 0 aliphatic rings. The zero-order valence-corrected chi connectivity index (χ0v) is 15.0. The molecule has 1 unspecified atom stereocenters. The van der Waals surface area contributed by atoms with Gasteiger partial charge in [0.05, 0.1) is 0 Å². The molecule has 0 radical (unpaired) electrons. The Morgan fingerprint density at radius 2 is 1.38 bits per heavy atom. The van der Waals surface area contributed by atoms with Gasteiger partial charge in [0.25, 0.3) is 0 Å². The number of nitrogens with one attached hydrogen (secondary N) is 1. The van der Waals surface area contributed by atoms with E-state index in [9.17, 15) is 14.4 Å². The van der Waals surface area contributed by atoms with E-state index in [4.69, 9.17) is 9.47 Å². The molecule has 132 valence electrons. The lowest BCUT2D eigenvalue weighted by molar-refractivity contribution is -0.155. The maximum Gasteiger partial charge on any atom is 0.408 e. The number of alkyl carbamates (subject to hydrolysis) is 1. The topological polar surface area (TPSA) is 81.7 Å². The molecule has 1 aromatic rings. The first-order chi connectivity index (χ1) is 10.9. The molecule has 0 heterocycles. The quantitative estimate of drug-likeness (QED) is 0.519. The van der Waals surface area contributed by atoms with Gasteiger partial charge in [-0.25, -0.2) is 9.59 Å². The number of rotatable bonds is 4. The van der Waals surface area contributed by atoms with Crippen LogP contribution in [0.15, 0.2) is 30.3 Å². The van der Waals surface area contributed by atoms with Crippen molar-refractivity contribution in [3.8, 4) is 0 Å². The van der Waals surface area contributed by atoms with Crippen molar-refractivity contribution in [1.29, 1.82) is 0 Å². The van der Waals surface area contributed by atoms with E-state index in [2.05, 4.69) is 5.32 Å². The number of esters is 1. The third kappa shape index (κ3) is 6.81. The Balaban J connectivity index is 3.01. The standard InChI is InChI=1S/C18H25NO5/c1-17(2,3)23-15(21)13(19-16(22)24-18(4,5)6)14(20)12-10-8-7-9-11-12/h7-11,13H,1-6H3,(H,19,22). The molecule has 0 aliphatic carbocycles. The van der Waals surface area contributed by atoms with Crippen LogP contribution in [0.4, 0.5) is 4.79 Å². The maximum atomic E-state index is 12.6. The SMILES string of the molecule is CC(C)(C)OC(=O)NC(C(=O)OC(C)(C)C)C(=O)c1ccccc1. The van der Waals surface area contributed by atoms with Crippen molar-refractivity contribution >= 4 is 17.8 Å². The third-order valence-corrected chi connectivity index (χ3v) is 2.62. The van der Waals surface area contributed by atoms with Gasteiger partial charge in [-0.2, -0.15) is 0 Å². The second-order valence-electron chi connectivity index (χ2n) is 7.34. The van der Waals surface area contributed by atoms with Gasteiger partial charge in [0.15, 0.2) is 11.8 Å². The van der Waals surface area contributed by atoms with Gasteiger partial charge < -0.3 is 14.8 Å². The predicted octanol–water partition coefficient (Wildman–Crippen LogP) is 3.10. The van der Waals surface area contributed by atoms with Gasteiger partial charge in [-0.1, -0.05) is 30.3 Å². The van der Waals surface area contributed by atoms with Crippen LogP contribution < -0.4 is 5.32 Å². The van der Waals surface area contributed by atoms with Crippen molar-refractivity contribution in [2.75, 3.05) is 0 Å². The van der Waals surface area contributed by atoms with E-state index < -0.39 is 35.1 Å². The summed E-state index contributed by atoms with van der Waals surface area (Å²) in [7, 11) is 0. The number of ketones is 1. The van der Waals surface area contributed by atoms with E-state index in [0.29, 0.717) is 5.56 Å². The van der Waals surface area contributed by atoms with Gasteiger partial charge in [-0.3, -0.25) is 4.79 Å². The molecule has 0 saturated carbocycles. The lowest BCUT2D eigenvalue weighted by Crippen LogP contribution is -2.50. The molecular formula is C18H25NO5. The van der Waals surface area contributed by atoms with Gasteiger partial charge in [0.2, 0.25) is 0 Å². The fourth-order valence-corrected chi connectivity index (χ4v) is 1.79. The summed E-state index contributed by atoms with van der Waals surface area (Å²) >= 11 is 0. The minimum atomic E-state index is -1.47. The summed E-state index contributed by atoms with van der Waals surface area (Å²) in [6.07, 6.45) is -0.859. The Morgan fingerprint density at radius 3 is 1.83 bits per heavy atom. The molecule has 1 aromatic carbocycles. The number of benzene rings is 1. The van der Waals surface area contributed by atoms with Crippen molar-refractivity contribution in [3.63, 3.8) is 0 Å². The number of hydrogen-bond donors (Lipinski definition) is 1. The highest BCUT2D eigenvalue weighted by Gasteiger charge is 2.34. The van der Waals surface area contributed by atoms with Crippen LogP contribution in [-0.4, -0.2) is 35.1 Å². The second-order valence-corrected chi connectivity index (χ2v) is 7.34. The van der Waals surface area contributed by atoms with Crippen LogP contribution in [0.1, 0.15) is 51.9 Å². The lowest BCUT2D eigenvalue weighted by atomic mass is 10.0. The first-order valence-corrected chi connectivity index (χ1v) is 7.71. The molecule has 1 N–H and O–H groups in total. The van der Waals surface area contributed by atoms with E-state index in [-0.39, 0.29) is 0 Å². The summed E-state index contributed by atoms with van der Waals surface area (Å²) in [5.74, 6) is -1.39. The minimum absolute atomic E-state index is 0.296. The van der Waals surface area contributed by atoms with Gasteiger partial charge >= 0.3 is 12.1 Å². The van der Waals surface area contributed by atoms with Crippen LogP contribution in [0.5, 0.6) is 0 Å². The van der Waals surface area contributed by atoms with Gasteiger partial charge in [0, 0.05) is 5.56 Å². The molecule has 0 aromatic heterocycles. The minimum Gasteiger partial charge on any atom is -0.458 e. The van der Waals surface area contributed by atoms with Gasteiger partial charge in [-0.15, -0.1) is 0 Å². The molecule has 1 rings (SSSR count). The van der Waals surface area contributed by atoms with Crippen LogP contribution in [0.25, 0.3) is 0 Å². The zero-order chi connectivity index (χ0) is 18.5. The summed E-state index contributed by atoms with van der Waals surface area (Å²) in [6.45, 7) is 10.1. The Labute approximate surface area is 142 Å². The summed E-state index contributed by atoms with van der Waals surface area (Å²) in [5, 5.41) is 2.31. The highest BCUT2D eigenvalue weighted by atomic mass is 16.6. The molecule has 1 amide bonds. The normalized spacial score (nSPS) is 12.9. The highest BCUT2D eigenvalue weighted by molar-refractivity contribution is 6.13. The van der Waals surface area contributed by atoms with Crippen LogP contribution in [0.2, 0.25) is 0 Å². The predicted molar refractivity (Wildman–Crippen MR) is 89.8 cm³/mol. The van der Waals surface area contributed by atoms with E-state index in [1.165, 1.54) is 0 Å². The molecule has 0 saturated heterocycles. The van der Waals surface area contributed by atoms with Crippen molar-refractivity contribution in [2.24, 2.45) is 0 Å².